The smallest absolute Gasteiger partial charge is 0.245 e. The van der Waals surface area contributed by atoms with E-state index in [1.165, 1.54) is 0 Å². The predicted molar refractivity (Wildman–Crippen MR) is 110 cm³/mol. The molecule has 2 amide bonds. The van der Waals surface area contributed by atoms with Crippen molar-refractivity contribution in [2.75, 3.05) is 13.1 Å². The second kappa shape index (κ2) is 7.96. The summed E-state index contributed by atoms with van der Waals surface area (Å²) >= 11 is 6.00. The van der Waals surface area contributed by atoms with Crippen molar-refractivity contribution >= 4 is 23.4 Å². The van der Waals surface area contributed by atoms with Crippen LogP contribution in [0.5, 0.6) is 0 Å². The first-order chi connectivity index (χ1) is 13.6. The number of carbonyl (C=O) groups is 2. The number of likely N-dealkylation sites (tertiary alicyclic amines) is 1. The number of hydrogen-bond acceptors (Lipinski definition) is 2. The summed E-state index contributed by atoms with van der Waals surface area (Å²) in [5.74, 6) is -0.0232. The average molecular weight is 397 g/mol. The van der Waals surface area contributed by atoms with Crippen LogP contribution in [0.1, 0.15) is 36.8 Å². The van der Waals surface area contributed by atoms with Gasteiger partial charge in [0.25, 0.3) is 0 Å². The molecule has 0 spiro atoms. The van der Waals surface area contributed by atoms with Crippen molar-refractivity contribution in [3.05, 3.63) is 70.7 Å². The van der Waals surface area contributed by atoms with Gasteiger partial charge in [-0.15, -0.1) is 0 Å². The summed E-state index contributed by atoms with van der Waals surface area (Å²) in [5, 5.41) is 3.75. The fourth-order valence-electron chi connectivity index (χ4n) is 4.04. The van der Waals surface area contributed by atoms with Gasteiger partial charge in [0.05, 0.1) is 5.41 Å². The highest BCUT2D eigenvalue weighted by atomic mass is 35.5. The van der Waals surface area contributed by atoms with Crippen LogP contribution in [0.4, 0.5) is 0 Å². The molecule has 2 aliphatic rings. The van der Waals surface area contributed by atoms with E-state index in [1.807, 2.05) is 59.5 Å². The van der Waals surface area contributed by atoms with Crippen LogP contribution in [0, 0.1) is 0 Å². The molecule has 1 saturated heterocycles. The highest BCUT2D eigenvalue weighted by Crippen LogP contribution is 2.48. The number of nitrogens with one attached hydrogen (secondary N) is 1. The first kappa shape index (κ1) is 19.0. The topological polar surface area (TPSA) is 49.4 Å². The van der Waals surface area contributed by atoms with Crippen molar-refractivity contribution in [1.29, 1.82) is 0 Å². The Morgan fingerprint density at radius 3 is 2.25 bits per heavy atom. The van der Waals surface area contributed by atoms with Crippen LogP contribution in [0.15, 0.2) is 54.6 Å². The number of nitrogens with zero attached hydrogens (tertiary/aromatic N) is 1. The van der Waals surface area contributed by atoms with Crippen LogP contribution in [-0.4, -0.2) is 35.8 Å². The maximum atomic E-state index is 13.2. The fraction of sp³-hybridized carbons (Fsp3) is 0.391. The molecule has 0 aromatic heterocycles. The van der Waals surface area contributed by atoms with Gasteiger partial charge in [0.15, 0.2) is 0 Å². The van der Waals surface area contributed by atoms with Gasteiger partial charge in [-0.2, -0.15) is 0 Å². The van der Waals surface area contributed by atoms with E-state index in [9.17, 15) is 9.59 Å². The minimum absolute atomic E-state index is 0.0293. The van der Waals surface area contributed by atoms with Gasteiger partial charge in [-0.1, -0.05) is 54.1 Å². The Hall–Kier alpha value is -2.33. The lowest BCUT2D eigenvalue weighted by Crippen LogP contribution is -2.51. The van der Waals surface area contributed by atoms with Crippen LogP contribution in [0.25, 0.3) is 0 Å². The quantitative estimate of drug-likeness (QED) is 0.808. The zero-order chi connectivity index (χ0) is 19.6. The summed E-state index contributed by atoms with van der Waals surface area (Å²) in [7, 11) is 0. The molecular weight excluding hydrogens is 372 g/mol. The zero-order valence-corrected chi connectivity index (χ0v) is 16.6. The van der Waals surface area contributed by atoms with Gasteiger partial charge in [0.1, 0.15) is 6.04 Å². The molecule has 1 heterocycles. The van der Waals surface area contributed by atoms with Gasteiger partial charge in [-0.25, -0.2) is 0 Å². The minimum Gasteiger partial charge on any atom is -0.343 e. The van der Waals surface area contributed by atoms with Crippen molar-refractivity contribution in [3.8, 4) is 0 Å². The molecule has 1 atom stereocenters. The molecule has 1 aliphatic carbocycles. The van der Waals surface area contributed by atoms with Gasteiger partial charge < -0.3 is 10.2 Å². The van der Waals surface area contributed by atoms with Crippen molar-refractivity contribution in [3.63, 3.8) is 0 Å². The molecular formula is C23H25ClN2O2. The van der Waals surface area contributed by atoms with Gasteiger partial charge in [0, 0.05) is 24.5 Å². The number of benzene rings is 2. The molecule has 2 aromatic carbocycles. The Bertz CT molecular complexity index is 841. The van der Waals surface area contributed by atoms with Crippen molar-refractivity contribution < 1.29 is 9.59 Å². The zero-order valence-electron chi connectivity index (χ0n) is 15.9. The van der Waals surface area contributed by atoms with E-state index in [1.54, 1.807) is 0 Å². The van der Waals surface area contributed by atoms with E-state index in [0.29, 0.717) is 11.4 Å². The fourth-order valence-corrected chi connectivity index (χ4v) is 4.17. The summed E-state index contributed by atoms with van der Waals surface area (Å²) in [4.78, 5) is 28.2. The van der Waals surface area contributed by atoms with Gasteiger partial charge in [-0.3, -0.25) is 9.59 Å². The number of amides is 2. The molecule has 28 heavy (non-hydrogen) atoms. The Morgan fingerprint density at radius 1 is 1.00 bits per heavy atom. The summed E-state index contributed by atoms with van der Waals surface area (Å²) < 4.78 is 0. The van der Waals surface area contributed by atoms with E-state index in [4.69, 9.17) is 11.6 Å². The molecule has 2 fully saturated rings. The van der Waals surface area contributed by atoms with E-state index in [-0.39, 0.29) is 11.8 Å². The largest absolute Gasteiger partial charge is 0.343 e. The molecule has 2 aromatic rings. The molecule has 4 rings (SSSR count). The van der Waals surface area contributed by atoms with Crippen LogP contribution in [0.2, 0.25) is 5.02 Å². The lowest BCUT2D eigenvalue weighted by molar-refractivity contribution is -0.136. The number of rotatable bonds is 6. The summed E-state index contributed by atoms with van der Waals surface area (Å²) in [6, 6.07) is 16.8. The standard InChI is InChI=1S/C23H25ClN2O2/c24-19-10-8-18(9-11-19)23(12-13-23)22(28)25-20(16-17-6-2-1-3-7-17)21(27)26-14-4-5-15-26/h1-3,6-11,20H,4-5,12-16H2,(H,25,28). The molecule has 5 heteroatoms. The molecule has 4 nitrogen and oxygen atoms in total. The second-order valence-corrected chi connectivity index (χ2v) is 8.27. The molecule has 146 valence electrons. The third-order valence-electron chi connectivity index (χ3n) is 5.89. The number of carbonyl (C=O) groups excluding carboxylic acids is 2. The first-order valence-electron chi connectivity index (χ1n) is 9.98. The number of hydrogen-bond donors (Lipinski definition) is 1. The molecule has 1 saturated carbocycles. The third-order valence-corrected chi connectivity index (χ3v) is 6.14. The molecule has 0 radical (unpaired) electrons. The number of halogens is 1. The monoisotopic (exact) mass is 396 g/mol. The Labute approximate surface area is 170 Å². The van der Waals surface area contributed by atoms with Crippen LogP contribution in [-0.2, 0) is 21.4 Å². The predicted octanol–water partition coefficient (Wildman–Crippen LogP) is 3.72. The average Bonchev–Trinajstić information content (AvgIpc) is 3.34. The van der Waals surface area contributed by atoms with E-state index >= 15 is 0 Å². The van der Waals surface area contributed by atoms with E-state index in [2.05, 4.69) is 5.32 Å². The van der Waals surface area contributed by atoms with Gasteiger partial charge in [-0.05, 0) is 48.9 Å². The maximum absolute atomic E-state index is 13.2. The normalized spacial score (nSPS) is 18.5. The third kappa shape index (κ3) is 3.93. The van der Waals surface area contributed by atoms with Crippen molar-refractivity contribution in [1.82, 2.24) is 10.2 Å². The molecule has 1 unspecified atom stereocenters. The highest BCUT2D eigenvalue weighted by Gasteiger charge is 2.52. The lowest BCUT2D eigenvalue weighted by Gasteiger charge is -2.26. The molecule has 0 bridgehead atoms. The summed E-state index contributed by atoms with van der Waals surface area (Å²) in [6.45, 7) is 1.56. The summed E-state index contributed by atoms with van der Waals surface area (Å²) in [6.07, 6.45) is 4.18. The Balaban J connectivity index is 1.53. The van der Waals surface area contributed by atoms with Crippen molar-refractivity contribution in [2.45, 2.75) is 43.6 Å². The van der Waals surface area contributed by atoms with Gasteiger partial charge >= 0.3 is 0 Å². The second-order valence-electron chi connectivity index (χ2n) is 7.84. The van der Waals surface area contributed by atoms with E-state index < -0.39 is 11.5 Å². The van der Waals surface area contributed by atoms with E-state index in [0.717, 1.165) is 49.9 Å². The minimum atomic E-state index is -0.530. The SMILES string of the molecule is O=C(C(Cc1ccccc1)NC(=O)C1(c2ccc(Cl)cc2)CC1)N1CCCC1. The lowest BCUT2D eigenvalue weighted by atomic mass is 9.94. The molecule has 1 aliphatic heterocycles. The summed E-state index contributed by atoms with van der Waals surface area (Å²) in [5.41, 5.74) is 1.50. The Kier molecular flexibility index (Phi) is 5.40. The van der Waals surface area contributed by atoms with Crippen LogP contribution >= 0.6 is 11.6 Å². The van der Waals surface area contributed by atoms with Gasteiger partial charge in [0.2, 0.25) is 11.8 Å². The molecule has 1 N–H and O–H groups in total. The Morgan fingerprint density at radius 2 is 1.64 bits per heavy atom. The van der Waals surface area contributed by atoms with Crippen molar-refractivity contribution in [2.24, 2.45) is 0 Å². The van der Waals surface area contributed by atoms with Crippen LogP contribution in [0.3, 0.4) is 0 Å². The van der Waals surface area contributed by atoms with Crippen LogP contribution < -0.4 is 5.32 Å². The maximum Gasteiger partial charge on any atom is 0.245 e. The highest BCUT2D eigenvalue weighted by molar-refractivity contribution is 6.30. The first-order valence-corrected chi connectivity index (χ1v) is 10.4.